The summed E-state index contributed by atoms with van der Waals surface area (Å²) in [5.41, 5.74) is 1.88. The minimum Gasteiger partial charge on any atom is -0.478 e. The molecule has 0 radical (unpaired) electrons. The maximum atomic E-state index is 11.1. The summed E-state index contributed by atoms with van der Waals surface area (Å²) in [6.07, 6.45) is 0. The van der Waals surface area contributed by atoms with E-state index in [9.17, 15) is 4.79 Å². The molecule has 0 aliphatic carbocycles. The van der Waals surface area contributed by atoms with Crippen molar-refractivity contribution in [2.24, 2.45) is 0 Å². The zero-order chi connectivity index (χ0) is 14.1. The number of benzene rings is 3. The molecule has 0 aliphatic rings. The molecule has 3 heteroatoms. The van der Waals surface area contributed by atoms with E-state index in [1.54, 1.807) is 12.1 Å². The van der Waals surface area contributed by atoms with Gasteiger partial charge in [-0.15, -0.1) is 0 Å². The van der Waals surface area contributed by atoms with Crippen molar-refractivity contribution < 1.29 is 9.90 Å². The van der Waals surface area contributed by atoms with Crippen LogP contribution in [-0.4, -0.2) is 11.1 Å². The Morgan fingerprint density at radius 1 is 0.900 bits per heavy atom. The number of fused-ring (bicyclic) bond motifs is 1. The summed E-state index contributed by atoms with van der Waals surface area (Å²) in [5, 5.41) is 11.9. The number of carbonyl (C=O) groups is 1. The van der Waals surface area contributed by atoms with Crippen LogP contribution >= 0.6 is 11.6 Å². The lowest BCUT2D eigenvalue weighted by Crippen LogP contribution is -1.96. The third-order valence-electron chi connectivity index (χ3n) is 3.27. The minimum absolute atomic E-state index is 0.234. The summed E-state index contributed by atoms with van der Waals surface area (Å²) in [5.74, 6) is -0.955. The molecule has 0 spiro atoms. The van der Waals surface area contributed by atoms with Crippen LogP contribution in [0.2, 0.25) is 5.02 Å². The predicted octanol–water partition coefficient (Wildman–Crippen LogP) is 4.86. The number of halogens is 1. The Balaban J connectivity index is 2.19. The van der Waals surface area contributed by atoms with E-state index in [2.05, 4.69) is 0 Å². The summed E-state index contributed by atoms with van der Waals surface area (Å²) in [6.45, 7) is 0. The van der Waals surface area contributed by atoms with Gasteiger partial charge in [0.05, 0.1) is 5.56 Å². The maximum Gasteiger partial charge on any atom is 0.335 e. The molecule has 2 nitrogen and oxygen atoms in total. The van der Waals surface area contributed by atoms with Gasteiger partial charge < -0.3 is 5.11 Å². The van der Waals surface area contributed by atoms with E-state index in [-0.39, 0.29) is 5.56 Å². The van der Waals surface area contributed by atoms with Crippen molar-refractivity contribution in [3.05, 3.63) is 71.2 Å². The van der Waals surface area contributed by atoms with Gasteiger partial charge >= 0.3 is 5.97 Å². The molecule has 0 saturated heterocycles. The van der Waals surface area contributed by atoms with Crippen molar-refractivity contribution in [2.45, 2.75) is 0 Å². The third-order valence-corrected chi connectivity index (χ3v) is 3.60. The van der Waals surface area contributed by atoms with Crippen LogP contribution in [0, 0.1) is 0 Å². The van der Waals surface area contributed by atoms with Crippen LogP contribution in [-0.2, 0) is 0 Å². The highest BCUT2D eigenvalue weighted by Gasteiger charge is 2.09. The van der Waals surface area contributed by atoms with E-state index >= 15 is 0 Å². The molecule has 0 bridgehead atoms. The van der Waals surface area contributed by atoms with Gasteiger partial charge in [-0.05, 0) is 40.6 Å². The Morgan fingerprint density at radius 2 is 1.65 bits per heavy atom. The lowest BCUT2D eigenvalue weighted by Gasteiger charge is -2.07. The summed E-state index contributed by atoms with van der Waals surface area (Å²) in [7, 11) is 0. The van der Waals surface area contributed by atoms with Crippen LogP contribution in [0.1, 0.15) is 10.4 Å². The van der Waals surface area contributed by atoms with Crippen molar-refractivity contribution in [1.29, 1.82) is 0 Å². The average molecular weight is 283 g/mol. The highest BCUT2D eigenvalue weighted by atomic mass is 35.5. The Labute approximate surface area is 121 Å². The topological polar surface area (TPSA) is 37.3 Å². The molecular weight excluding hydrogens is 272 g/mol. The van der Waals surface area contributed by atoms with Crippen molar-refractivity contribution in [3.63, 3.8) is 0 Å². The lowest BCUT2D eigenvalue weighted by atomic mass is 9.99. The van der Waals surface area contributed by atoms with Crippen LogP contribution in [0.5, 0.6) is 0 Å². The number of hydrogen-bond acceptors (Lipinski definition) is 1. The van der Waals surface area contributed by atoms with Crippen molar-refractivity contribution in [3.8, 4) is 11.1 Å². The second kappa shape index (κ2) is 4.99. The van der Waals surface area contributed by atoms with Gasteiger partial charge in [0.25, 0.3) is 0 Å². The number of rotatable bonds is 2. The van der Waals surface area contributed by atoms with Gasteiger partial charge in [0.2, 0.25) is 0 Å². The van der Waals surface area contributed by atoms with Crippen LogP contribution < -0.4 is 0 Å². The minimum atomic E-state index is -0.955. The van der Waals surface area contributed by atoms with E-state index in [0.717, 1.165) is 21.9 Å². The normalized spacial score (nSPS) is 10.7. The van der Waals surface area contributed by atoms with Crippen LogP contribution in [0.4, 0.5) is 0 Å². The molecule has 0 unspecified atom stereocenters. The SMILES string of the molecule is O=C(O)c1ccc(Cl)c(-c2ccc3ccccc3c2)c1. The zero-order valence-electron chi connectivity index (χ0n) is 10.5. The average Bonchev–Trinajstić information content (AvgIpc) is 2.47. The number of aromatic carboxylic acids is 1. The predicted molar refractivity (Wildman–Crippen MR) is 81.4 cm³/mol. The summed E-state index contributed by atoms with van der Waals surface area (Å²) in [6, 6.07) is 18.7. The first-order valence-electron chi connectivity index (χ1n) is 6.17. The van der Waals surface area contributed by atoms with Crippen molar-refractivity contribution in [1.82, 2.24) is 0 Å². The molecule has 3 aromatic carbocycles. The quantitative estimate of drug-likeness (QED) is 0.729. The molecule has 0 heterocycles. The van der Waals surface area contributed by atoms with Crippen molar-refractivity contribution >= 4 is 28.3 Å². The van der Waals surface area contributed by atoms with E-state index in [1.807, 2.05) is 42.5 Å². The van der Waals surface area contributed by atoms with Gasteiger partial charge in [-0.2, -0.15) is 0 Å². The molecule has 0 aromatic heterocycles. The second-order valence-corrected chi connectivity index (χ2v) is 4.97. The number of carboxylic acid groups (broad SMARTS) is 1. The fourth-order valence-electron chi connectivity index (χ4n) is 2.24. The molecule has 3 rings (SSSR count). The van der Waals surface area contributed by atoms with E-state index in [0.29, 0.717) is 5.02 Å². The maximum absolute atomic E-state index is 11.1. The van der Waals surface area contributed by atoms with Gasteiger partial charge in [-0.3, -0.25) is 0 Å². The first kappa shape index (κ1) is 12.7. The molecule has 1 N–H and O–H groups in total. The van der Waals surface area contributed by atoms with Gasteiger partial charge in [0, 0.05) is 10.6 Å². The van der Waals surface area contributed by atoms with E-state index in [4.69, 9.17) is 16.7 Å². The fraction of sp³-hybridized carbons (Fsp3) is 0. The molecule has 20 heavy (non-hydrogen) atoms. The first-order valence-corrected chi connectivity index (χ1v) is 6.55. The molecule has 0 atom stereocenters. The Bertz CT molecular complexity index is 809. The molecule has 0 fully saturated rings. The molecule has 0 aliphatic heterocycles. The Morgan fingerprint density at radius 3 is 2.40 bits per heavy atom. The number of carboxylic acids is 1. The van der Waals surface area contributed by atoms with E-state index < -0.39 is 5.97 Å². The molecular formula is C17H11ClO2. The van der Waals surface area contributed by atoms with Crippen molar-refractivity contribution in [2.75, 3.05) is 0 Å². The summed E-state index contributed by atoms with van der Waals surface area (Å²) in [4.78, 5) is 11.1. The highest BCUT2D eigenvalue weighted by Crippen LogP contribution is 2.31. The first-order chi connectivity index (χ1) is 9.65. The smallest absolute Gasteiger partial charge is 0.335 e. The van der Waals surface area contributed by atoms with Gasteiger partial charge in [-0.1, -0.05) is 48.0 Å². The van der Waals surface area contributed by atoms with Gasteiger partial charge in [0.1, 0.15) is 0 Å². The van der Waals surface area contributed by atoms with Crippen LogP contribution in [0.25, 0.3) is 21.9 Å². The number of hydrogen-bond donors (Lipinski definition) is 1. The Kier molecular flexibility index (Phi) is 3.17. The molecule has 0 saturated carbocycles. The summed E-state index contributed by atoms with van der Waals surface area (Å²) >= 11 is 6.19. The van der Waals surface area contributed by atoms with E-state index in [1.165, 1.54) is 6.07 Å². The summed E-state index contributed by atoms with van der Waals surface area (Å²) < 4.78 is 0. The second-order valence-electron chi connectivity index (χ2n) is 4.56. The standard InChI is InChI=1S/C17H11ClO2/c18-16-8-7-14(17(19)20)10-15(16)13-6-5-11-3-1-2-4-12(11)9-13/h1-10H,(H,19,20). The third kappa shape index (κ3) is 2.26. The molecule has 3 aromatic rings. The van der Waals surface area contributed by atoms with Gasteiger partial charge in [-0.25, -0.2) is 4.79 Å². The monoisotopic (exact) mass is 282 g/mol. The zero-order valence-corrected chi connectivity index (χ0v) is 11.3. The highest BCUT2D eigenvalue weighted by molar-refractivity contribution is 6.33. The largest absolute Gasteiger partial charge is 0.478 e. The molecule has 98 valence electrons. The Hall–Kier alpha value is -2.32. The fourth-order valence-corrected chi connectivity index (χ4v) is 2.46. The lowest BCUT2D eigenvalue weighted by molar-refractivity contribution is 0.0697. The molecule has 0 amide bonds. The van der Waals surface area contributed by atoms with Gasteiger partial charge in [0.15, 0.2) is 0 Å². The van der Waals surface area contributed by atoms with Crippen LogP contribution in [0.15, 0.2) is 60.7 Å². The van der Waals surface area contributed by atoms with Crippen LogP contribution in [0.3, 0.4) is 0 Å².